The summed E-state index contributed by atoms with van der Waals surface area (Å²) in [5, 5.41) is 19.7. The summed E-state index contributed by atoms with van der Waals surface area (Å²) in [5.74, 6) is -0.931. The molecule has 0 amide bonds. The van der Waals surface area contributed by atoms with Gasteiger partial charge in [0.15, 0.2) is 0 Å². The fourth-order valence-electron chi connectivity index (χ4n) is 2.52. The summed E-state index contributed by atoms with van der Waals surface area (Å²) < 4.78 is 10.3. The van der Waals surface area contributed by atoms with Crippen LogP contribution in [-0.4, -0.2) is 46.2 Å². The van der Waals surface area contributed by atoms with Crippen LogP contribution in [-0.2, 0) is 19.1 Å². The number of carbonyl (C=O) groups is 2. The van der Waals surface area contributed by atoms with Crippen molar-refractivity contribution in [2.75, 3.05) is 13.2 Å². The van der Waals surface area contributed by atoms with Gasteiger partial charge in [-0.15, -0.1) is 0 Å². The number of hydrogen-bond donors (Lipinski definition) is 2. The Morgan fingerprint density at radius 1 is 0.750 bits per heavy atom. The first kappa shape index (κ1) is 27.6. The lowest BCUT2D eigenvalue weighted by Crippen LogP contribution is -2.25. The minimum Gasteiger partial charge on any atom is -0.463 e. The molecule has 0 aliphatic carbocycles. The molecule has 0 aromatic heterocycles. The van der Waals surface area contributed by atoms with Crippen molar-refractivity contribution >= 4 is 33.5 Å². The van der Waals surface area contributed by atoms with Crippen LogP contribution in [0.2, 0.25) is 0 Å². The van der Waals surface area contributed by atoms with E-state index in [0.29, 0.717) is 21.6 Å². The van der Waals surface area contributed by atoms with Crippen molar-refractivity contribution in [3.8, 4) is 0 Å². The van der Waals surface area contributed by atoms with E-state index in [4.69, 9.17) is 9.47 Å². The van der Waals surface area contributed by atoms with E-state index in [2.05, 4.69) is 13.8 Å². The largest absolute Gasteiger partial charge is 0.463 e. The van der Waals surface area contributed by atoms with E-state index in [1.165, 1.54) is 0 Å². The van der Waals surface area contributed by atoms with Crippen LogP contribution in [0.25, 0.3) is 0 Å². The first-order chi connectivity index (χ1) is 13.4. The van der Waals surface area contributed by atoms with Crippen LogP contribution < -0.4 is 0 Å². The Balaban J connectivity index is 4.14. The zero-order valence-corrected chi connectivity index (χ0v) is 19.4. The summed E-state index contributed by atoms with van der Waals surface area (Å²) in [6, 6.07) is 0. The van der Waals surface area contributed by atoms with Gasteiger partial charge in [0, 0.05) is 0 Å². The highest BCUT2D eigenvalue weighted by Crippen LogP contribution is 2.30. The molecule has 0 aliphatic heterocycles. The van der Waals surface area contributed by atoms with Crippen molar-refractivity contribution in [2.45, 2.75) is 89.9 Å². The van der Waals surface area contributed by atoms with Gasteiger partial charge in [-0.1, -0.05) is 66.2 Å². The molecule has 0 fully saturated rings. The maximum Gasteiger partial charge on any atom is 0.346 e. The van der Waals surface area contributed by atoms with Crippen molar-refractivity contribution in [2.24, 2.45) is 11.8 Å². The SMILES string of the molecule is CCCCC(CC)COC(=O)C(O)SSC(O)C(=O)OCC(CC)CCCC. The van der Waals surface area contributed by atoms with Crippen LogP contribution in [0, 0.1) is 11.8 Å². The molecular weight excluding hydrogens is 400 g/mol. The Labute approximate surface area is 177 Å². The molecule has 8 heteroatoms. The Kier molecular flexibility index (Phi) is 17.1. The number of rotatable bonds is 17. The molecule has 0 bridgehead atoms. The van der Waals surface area contributed by atoms with Gasteiger partial charge >= 0.3 is 11.9 Å². The van der Waals surface area contributed by atoms with E-state index >= 15 is 0 Å². The van der Waals surface area contributed by atoms with Gasteiger partial charge in [0.1, 0.15) is 0 Å². The predicted molar refractivity (Wildman–Crippen MR) is 116 cm³/mol. The first-order valence-corrected chi connectivity index (χ1v) is 12.7. The van der Waals surface area contributed by atoms with Crippen LogP contribution in [0.1, 0.15) is 79.1 Å². The number of aliphatic hydroxyl groups is 2. The van der Waals surface area contributed by atoms with Gasteiger partial charge in [0.2, 0.25) is 10.9 Å². The lowest BCUT2D eigenvalue weighted by atomic mass is 10.0. The van der Waals surface area contributed by atoms with E-state index in [0.717, 1.165) is 51.4 Å². The Morgan fingerprint density at radius 3 is 1.39 bits per heavy atom. The lowest BCUT2D eigenvalue weighted by Gasteiger charge is -2.17. The molecule has 4 unspecified atom stereocenters. The molecule has 0 radical (unpaired) electrons. The van der Waals surface area contributed by atoms with Crippen LogP contribution in [0.15, 0.2) is 0 Å². The third kappa shape index (κ3) is 12.9. The Morgan fingerprint density at radius 2 is 1.11 bits per heavy atom. The average Bonchev–Trinajstić information content (AvgIpc) is 2.71. The zero-order valence-electron chi connectivity index (χ0n) is 17.7. The Bertz CT molecular complexity index is 384. The molecule has 4 atom stereocenters. The summed E-state index contributed by atoms with van der Waals surface area (Å²) in [5.41, 5.74) is -2.91. The lowest BCUT2D eigenvalue weighted by molar-refractivity contribution is -0.151. The summed E-state index contributed by atoms with van der Waals surface area (Å²) in [6.45, 7) is 8.86. The topological polar surface area (TPSA) is 93.1 Å². The van der Waals surface area contributed by atoms with Crippen molar-refractivity contribution in [3.05, 3.63) is 0 Å². The fraction of sp³-hybridized carbons (Fsp3) is 0.900. The van der Waals surface area contributed by atoms with Crippen LogP contribution in [0.5, 0.6) is 0 Å². The predicted octanol–water partition coefficient (Wildman–Crippen LogP) is 4.52. The van der Waals surface area contributed by atoms with Gasteiger partial charge in [0.25, 0.3) is 0 Å². The van der Waals surface area contributed by atoms with E-state index in [9.17, 15) is 19.8 Å². The van der Waals surface area contributed by atoms with Gasteiger partial charge in [-0.3, -0.25) is 0 Å². The van der Waals surface area contributed by atoms with Gasteiger partial charge in [-0.2, -0.15) is 0 Å². The second-order valence-corrected chi connectivity index (χ2v) is 9.42. The van der Waals surface area contributed by atoms with E-state index in [-0.39, 0.29) is 25.0 Å². The van der Waals surface area contributed by atoms with Crippen LogP contribution in [0.4, 0.5) is 0 Å². The summed E-state index contributed by atoms with van der Waals surface area (Å²) in [7, 11) is 1.40. The number of hydrogen-bond acceptors (Lipinski definition) is 8. The quantitative estimate of drug-likeness (QED) is 0.194. The summed E-state index contributed by atoms with van der Waals surface area (Å²) in [6.07, 6.45) is 8.12. The molecule has 2 N–H and O–H groups in total. The van der Waals surface area contributed by atoms with Gasteiger partial charge in [-0.25, -0.2) is 9.59 Å². The molecule has 0 rings (SSSR count). The highest BCUT2D eigenvalue weighted by Gasteiger charge is 2.25. The minimum atomic E-state index is -1.45. The molecule has 6 nitrogen and oxygen atoms in total. The molecule has 0 aromatic rings. The number of carbonyl (C=O) groups excluding carboxylic acids is 2. The smallest absolute Gasteiger partial charge is 0.346 e. The molecule has 166 valence electrons. The third-order valence-corrected chi connectivity index (χ3v) is 6.94. The number of unbranched alkanes of at least 4 members (excludes halogenated alkanes) is 2. The first-order valence-electron chi connectivity index (χ1n) is 10.4. The highest BCUT2D eigenvalue weighted by molar-refractivity contribution is 8.77. The van der Waals surface area contributed by atoms with E-state index in [1.807, 2.05) is 13.8 Å². The molecule has 0 spiro atoms. The molecule has 0 saturated carbocycles. The number of ether oxygens (including phenoxy) is 2. The highest BCUT2D eigenvalue weighted by atomic mass is 33.1. The third-order valence-electron chi connectivity index (χ3n) is 4.65. The number of aliphatic hydroxyl groups excluding tert-OH is 2. The van der Waals surface area contributed by atoms with Gasteiger partial charge in [0.05, 0.1) is 13.2 Å². The minimum absolute atomic E-state index is 0.276. The second kappa shape index (κ2) is 17.4. The standard InChI is InChI=1S/C20H38O6S2/c1-5-9-11-15(7-3)13-25-17(21)19(23)27-28-20(24)18(22)26-14-16(8-4)12-10-6-2/h15-16,19-20,23-24H,5-14H2,1-4H3. The second-order valence-electron chi connectivity index (χ2n) is 6.99. The molecule has 0 aliphatic rings. The molecular formula is C20H38O6S2. The Hall–Kier alpha value is -0.440. The summed E-state index contributed by atoms with van der Waals surface area (Å²) >= 11 is 0. The normalized spacial score (nSPS) is 15.5. The van der Waals surface area contributed by atoms with Crippen molar-refractivity contribution < 1.29 is 29.3 Å². The van der Waals surface area contributed by atoms with E-state index in [1.54, 1.807) is 0 Å². The zero-order chi connectivity index (χ0) is 21.4. The molecule has 0 saturated heterocycles. The fourth-order valence-corrected chi connectivity index (χ4v) is 4.13. The maximum absolute atomic E-state index is 11.9. The molecule has 28 heavy (non-hydrogen) atoms. The molecule has 0 heterocycles. The van der Waals surface area contributed by atoms with Gasteiger partial charge in [-0.05, 0) is 46.3 Å². The van der Waals surface area contributed by atoms with E-state index < -0.39 is 22.8 Å². The van der Waals surface area contributed by atoms with Crippen molar-refractivity contribution in [1.82, 2.24) is 0 Å². The summed E-state index contributed by atoms with van der Waals surface area (Å²) in [4.78, 5) is 23.7. The average molecular weight is 439 g/mol. The number of esters is 2. The van der Waals surface area contributed by atoms with Crippen molar-refractivity contribution in [3.63, 3.8) is 0 Å². The van der Waals surface area contributed by atoms with Gasteiger partial charge < -0.3 is 19.7 Å². The van der Waals surface area contributed by atoms with Crippen LogP contribution in [0.3, 0.4) is 0 Å². The van der Waals surface area contributed by atoms with Crippen LogP contribution >= 0.6 is 21.6 Å². The molecule has 0 aromatic carbocycles. The van der Waals surface area contributed by atoms with Crippen molar-refractivity contribution in [1.29, 1.82) is 0 Å². The monoisotopic (exact) mass is 438 g/mol. The maximum atomic E-state index is 11.9.